The fourth-order valence-corrected chi connectivity index (χ4v) is 2.51. The summed E-state index contributed by atoms with van der Waals surface area (Å²) in [6, 6.07) is 5.43. The molecule has 0 saturated heterocycles. The van der Waals surface area contributed by atoms with Crippen LogP contribution in [0, 0.1) is 5.92 Å². The van der Waals surface area contributed by atoms with Gasteiger partial charge in [0.05, 0.1) is 12.8 Å². The minimum Gasteiger partial charge on any atom is -0.468 e. The zero-order valence-electron chi connectivity index (χ0n) is 12.6. The molecule has 0 amide bonds. The Labute approximate surface area is 117 Å². The highest BCUT2D eigenvalue weighted by molar-refractivity contribution is 4.97. The third-order valence-electron chi connectivity index (χ3n) is 3.87. The van der Waals surface area contributed by atoms with E-state index in [1.54, 1.807) is 6.26 Å². The van der Waals surface area contributed by atoms with Gasteiger partial charge in [0, 0.05) is 18.6 Å². The lowest BCUT2D eigenvalue weighted by atomic mass is 10.1. The Bertz CT molecular complexity index is 344. The molecule has 1 aromatic heterocycles. The predicted molar refractivity (Wildman–Crippen MR) is 79.1 cm³/mol. The third-order valence-corrected chi connectivity index (χ3v) is 3.87. The Morgan fingerprint density at radius 3 is 2.74 bits per heavy atom. The van der Waals surface area contributed by atoms with Crippen LogP contribution in [0.1, 0.15) is 45.8 Å². The Balaban J connectivity index is 1.70. The van der Waals surface area contributed by atoms with Crippen molar-refractivity contribution in [1.29, 1.82) is 0 Å². The normalized spacial score (nSPS) is 17.3. The summed E-state index contributed by atoms with van der Waals surface area (Å²) in [6.45, 7) is 10.1. The number of nitrogens with one attached hydrogen (secondary N) is 1. The van der Waals surface area contributed by atoms with Gasteiger partial charge in [0.25, 0.3) is 0 Å². The second-order valence-electron chi connectivity index (χ2n) is 6.21. The van der Waals surface area contributed by atoms with Crippen molar-refractivity contribution < 1.29 is 4.42 Å². The summed E-state index contributed by atoms with van der Waals surface area (Å²) < 4.78 is 5.34. The Morgan fingerprint density at radius 2 is 2.16 bits per heavy atom. The van der Waals surface area contributed by atoms with Gasteiger partial charge in [-0.15, -0.1) is 0 Å². The van der Waals surface area contributed by atoms with Gasteiger partial charge < -0.3 is 9.73 Å². The molecule has 1 fully saturated rings. The maximum absolute atomic E-state index is 5.34. The average Bonchev–Trinajstić information content (AvgIpc) is 3.06. The van der Waals surface area contributed by atoms with Gasteiger partial charge in [-0.2, -0.15) is 0 Å². The molecule has 1 aliphatic rings. The van der Waals surface area contributed by atoms with Crippen LogP contribution in [0.2, 0.25) is 0 Å². The highest BCUT2D eigenvalue weighted by Crippen LogP contribution is 2.29. The largest absolute Gasteiger partial charge is 0.468 e. The summed E-state index contributed by atoms with van der Waals surface area (Å²) in [6.07, 6.45) is 5.82. The van der Waals surface area contributed by atoms with Crippen LogP contribution in [-0.4, -0.2) is 30.1 Å². The van der Waals surface area contributed by atoms with Crippen LogP contribution in [0.15, 0.2) is 22.8 Å². The zero-order chi connectivity index (χ0) is 13.7. The molecule has 108 valence electrons. The van der Waals surface area contributed by atoms with Crippen molar-refractivity contribution in [2.75, 3.05) is 13.1 Å². The van der Waals surface area contributed by atoms with Crippen molar-refractivity contribution in [3.63, 3.8) is 0 Å². The highest BCUT2D eigenvalue weighted by Gasteiger charge is 2.31. The van der Waals surface area contributed by atoms with E-state index in [0.717, 1.165) is 30.8 Å². The highest BCUT2D eigenvalue weighted by atomic mass is 16.3. The SMILES string of the molecule is CC(C)CCN(C(C)CNCc1ccco1)C1CC1. The van der Waals surface area contributed by atoms with Crippen molar-refractivity contribution in [3.05, 3.63) is 24.2 Å². The van der Waals surface area contributed by atoms with Crippen molar-refractivity contribution in [2.24, 2.45) is 5.92 Å². The Morgan fingerprint density at radius 1 is 1.37 bits per heavy atom. The molecule has 0 radical (unpaired) electrons. The van der Waals surface area contributed by atoms with E-state index in [1.807, 2.05) is 12.1 Å². The minimum atomic E-state index is 0.612. The molecule has 0 bridgehead atoms. The maximum Gasteiger partial charge on any atom is 0.117 e. The molecule has 1 aliphatic carbocycles. The molecule has 1 unspecified atom stereocenters. The summed E-state index contributed by atoms with van der Waals surface area (Å²) in [5.74, 6) is 1.82. The monoisotopic (exact) mass is 264 g/mol. The molecule has 1 heterocycles. The number of rotatable bonds is 9. The Kier molecular flexibility index (Phi) is 5.46. The van der Waals surface area contributed by atoms with E-state index in [9.17, 15) is 0 Å². The number of furan rings is 1. The van der Waals surface area contributed by atoms with Crippen LogP contribution < -0.4 is 5.32 Å². The molecule has 3 heteroatoms. The maximum atomic E-state index is 5.34. The second-order valence-corrected chi connectivity index (χ2v) is 6.21. The number of hydrogen-bond donors (Lipinski definition) is 1. The fourth-order valence-electron chi connectivity index (χ4n) is 2.51. The van der Waals surface area contributed by atoms with Crippen LogP contribution in [0.4, 0.5) is 0 Å². The molecule has 0 aliphatic heterocycles. The second kappa shape index (κ2) is 7.11. The topological polar surface area (TPSA) is 28.4 Å². The van der Waals surface area contributed by atoms with Crippen molar-refractivity contribution in [2.45, 2.75) is 58.7 Å². The molecular formula is C16H28N2O. The summed E-state index contributed by atoms with van der Waals surface area (Å²) in [4.78, 5) is 2.69. The smallest absolute Gasteiger partial charge is 0.117 e. The van der Waals surface area contributed by atoms with Crippen LogP contribution in [0.25, 0.3) is 0 Å². The molecule has 1 aromatic rings. The standard InChI is InChI=1S/C16H28N2O/c1-13(2)8-9-18(15-6-7-15)14(3)11-17-12-16-5-4-10-19-16/h4-5,10,13-15,17H,6-9,11-12H2,1-3H3. The van der Waals surface area contributed by atoms with Crippen LogP contribution in [0.3, 0.4) is 0 Å². The molecule has 19 heavy (non-hydrogen) atoms. The van der Waals surface area contributed by atoms with E-state index in [0.29, 0.717) is 6.04 Å². The quantitative estimate of drug-likeness (QED) is 0.742. The number of hydrogen-bond acceptors (Lipinski definition) is 3. The van der Waals surface area contributed by atoms with E-state index in [4.69, 9.17) is 4.42 Å². The van der Waals surface area contributed by atoms with Gasteiger partial charge in [-0.1, -0.05) is 13.8 Å². The minimum absolute atomic E-state index is 0.612. The lowest BCUT2D eigenvalue weighted by Crippen LogP contribution is -2.42. The van der Waals surface area contributed by atoms with Gasteiger partial charge in [0.2, 0.25) is 0 Å². The summed E-state index contributed by atoms with van der Waals surface area (Å²) >= 11 is 0. The first-order valence-corrected chi connectivity index (χ1v) is 7.65. The van der Waals surface area contributed by atoms with Gasteiger partial charge in [0.1, 0.15) is 5.76 Å². The first-order chi connectivity index (χ1) is 9.16. The Hall–Kier alpha value is -0.800. The molecule has 0 spiro atoms. The van der Waals surface area contributed by atoms with Gasteiger partial charge in [0.15, 0.2) is 0 Å². The first kappa shape index (κ1) is 14.6. The van der Waals surface area contributed by atoms with Gasteiger partial charge in [-0.25, -0.2) is 0 Å². The lowest BCUT2D eigenvalue weighted by Gasteiger charge is -2.30. The summed E-state index contributed by atoms with van der Waals surface area (Å²) in [7, 11) is 0. The lowest BCUT2D eigenvalue weighted by molar-refractivity contribution is 0.183. The summed E-state index contributed by atoms with van der Waals surface area (Å²) in [5.41, 5.74) is 0. The molecule has 1 N–H and O–H groups in total. The molecule has 0 aromatic carbocycles. The van der Waals surface area contributed by atoms with Gasteiger partial charge in [-0.05, 0) is 50.8 Å². The predicted octanol–water partition coefficient (Wildman–Crippen LogP) is 3.27. The molecule has 1 atom stereocenters. The first-order valence-electron chi connectivity index (χ1n) is 7.65. The van der Waals surface area contributed by atoms with E-state index in [1.165, 1.54) is 25.8 Å². The van der Waals surface area contributed by atoms with E-state index in [-0.39, 0.29) is 0 Å². The van der Waals surface area contributed by atoms with Crippen LogP contribution in [0.5, 0.6) is 0 Å². The van der Waals surface area contributed by atoms with E-state index in [2.05, 4.69) is 31.0 Å². The summed E-state index contributed by atoms with van der Waals surface area (Å²) in [5, 5.41) is 3.50. The van der Waals surface area contributed by atoms with Crippen molar-refractivity contribution >= 4 is 0 Å². The third kappa shape index (κ3) is 5.00. The zero-order valence-corrected chi connectivity index (χ0v) is 12.6. The molecule has 3 nitrogen and oxygen atoms in total. The van der Waals surface area contributed by atoms with E-state index < -0.39 is 0 Å². The molecular weight excluding hydrogens is 236 g/mol. The van der Waals surface area contributed by atoms with Crippen LogP contribution in [-0.2, 0) is 6.54 Å². The van der Waals surface area contributed by atoms with Crippen LogP contribution >= 0.6 is 0 Å². The van der Waals surface area contributed by atoms with Crippen molar-refractivity contribution in [3.8, 4) is 0 Å². The number of nitrogens with zero attached hydrogens (tertiary/aromatic N) is 1. The molecule has 1 saturated carbocycles. The average molecular weight is 264 g/mol. The van der Waals surface area contributed by atoms with Crippen molar-refractivity contribution in [1.82, 2.24) is 10.2 Å². The fraction of sp³-hybridized carbons (Fsp3) is 0.750. The molecule has 2 rings (SSSR count). The van der Waals surface area contributed by atoms with Gasteiger partial charge in [-0.3, -0.25) is 4.90 Å². The van der Waals surface area contributed by atoms with Gasteiger partial charge >= 0.3 is 0 Å². The van der Waals surface area contributed by atoms with E-state index >= 15 is 0 Å².